The highest BCUT2D eigenvalue weighted by atomic mass is 32.1. The number of hydrogen-bond acceptors (Lipinski definition) is 3. The number of nitrogens with zero attached hydrogens (tertiary/aromatic N) is 2. The first-order valence-corrected chi connectivity index (χ1v) is 7.07. The van der Waals surface area contributed by atoms with Crippen molar-refractivity contribution in [1.82, 2.24) is 15.1 Å². The number of amides is 2. The lowest BCUT2D eigenvalue weighted by atomic mass is 10.1. The van der Waals surface area contributed by atoms with E-state index in [1.807, 2.05) is 26.3 Å². The van der Waals surface area contributed by atoms with Crippen molar-refractivity contribution in [3.8, 4) is 0 Å². The number of anilines is 1. The molecule has 0 aliphatic rings. The van der Waals surface area contributed by atoms with Gasteiger partial charge >= 0.3 is 6.03 Å². The Morgan fingerprint density at radius 1 is 1.58 bits per heavy atom. The van der Waals surface area contributed by atoms with Gasteiger partial charge in [-0.15, -0.1) is 0 Å². The Balaban J connectivity index is 1.85. The number of urea groups is 1. The van der Waals surface area contributed by atoms with Gasteiger partial charge in [-0.05, 0) is 42.7 Å². The highest BCUT2D eigenvalue weighted by Crippen LogP contribution is 2.11. The van der Waals surface area contributed by atoms with Crippen molar-refractivity contribution < 1.29 is 4.79 Å². The molecule has 0 aliphatic heterocycles. The van der Waals surface area contributed by atoms with Crippen molar-refractivity contribution in [2.75, 3.05) is 5.32 Å². The van der Waals surface area contributed by atoms with Crippen LogP contribution in [0.1, 0.15) is 18.2 Å². The zero-order chi connectivity index (χ0) is 13.8. The maximum Gasteiger partial charge on any atom is 0.319 e. The van der Waals surface area contributed by atoms with E-state index in [1.165, 1.54) is 5.56 Å². The van der Waals surface area contributed by atoms with Crippen LogP contribution in [0, 0.1) is 6.92 Å². The molecule has 0 saturated heterocycles. The summed E-state index contributed by atoms with van der Waals surface area (Å²) in [5.41, 5.74) is 2.79. The summed E-state index contributed by atoms with van der Waals surface area (Å²) in [5, 5.41) is 14.1. The van der Waals surface area contributed by atoms with Gasteiger partial charge in [0.25, 0.3) is 0 Å². The first kappa shape index (κ1) is 13.6. The molecule has 0 saturated carbocycles. The molecule has 19 heavy (non-hydrogen) atoms. The molecule has 2 aromatic heterocycles. The van der Waals surface area contributed by atoms with Crippen molar-refractivity contribution in [2.24, 2.45) is 7.05 Å². The minimum Gasteiger partial charge on any atom is -0.335 e. The standard InChI is InChI=1S/C13H18N4OS/c1-9(6-11-4-5-19-8-11)14-13(18)15-12-7-17(3)16-10(12)2/h4-5,7-9H,6H2,1-3H3,(H2,14,15,18)/t9-/m1/s1. The van der Waals surface area contributed by atoms with Crippen molar-refractivity contribution in [1.29, 1.82) is 0 Å². The van der Waals surface area contributed by atoms with Gasteiger partial charge in [-0.2, -0.15) is 16.4 Å². The van der Waals surface area contributed by atoms with E-state index in [9.17, 15) is 4.79 Å². The van der Waals surface area contributed by atoms with Crippen LogP contribution in [0.2, 0.25) is 0 Å². The van der Waals surface area contributed by atoms with Gasteiger partial charge in [0.05, 0.1) is 11.4 Å². The highest BCUT2D eigenvalue weighted by Gasteiger charge is 2.11. The van der Waals surface area contributed by atoms with E-state index >= 15 is 0 Å². The second kappa shape index (κ2) is 5.88. The molecule has 0 aromatic carbocycles. The molecule has 1 atom stereocenters. The molecule has 0 spiro atoms. The summed E-state index contributed by atoms with van der Waals surface area (Å²) < 4.78 is 1.68. The third kappa shape index (κ3) is 3.82. The van der Waals surface area contributed by atoms with Gasteiger partial charge < -0.3 is 10.6 Å². The zero-order valence-electron chi connectivity index (χ0n) is 11.3. The van der Waals surface area contributed by atoms with E-state index in [2.05, 4.69) is 27.2 Å². The van der Waals surface area contributed by atoms with Crippen LogP contribution >= 0.6 is 11.3 Å². The number of aryl methyl sites for hydroxylation is 2. The number of carbonyl (C=O) groups excluding carboxylic acids is 1. The molecule has 0 fully saturated rings. The fourth-order valence-corrected chi connectivity index (χ4v) is 2.60. The van der Waals surface area contributed by atoms with Gasteiger partial charge in [-0.25, -0.2) is 4.79 Å². The number of thiophene rings is 1. The minimum atomic E-state index is -0.196. The first-order chi connectivity index (χ1) is 9.04. The molecule has 2 N–H and O–H groups in total. The summed E-state index contributed by atoms with van der Waals surface area (Å²) in [4.78, 5) is 11.9. The first-order valence-electron chi connectivity index (χ1n) is 6.13. The lowest BCUT2D eigenvalue weighted by Gasteiger charge is -2.13. The third-order valence-electron chi connectivity index (χ3n) is 2.76. The molecule has 0 radical (unpaired) electrons. The van der Waals surface area contributed by atoms with Crippen molar-refractivity contribution in [3.63, 3.8) is 0 Å². The Bertz CT molecular complexity index is 547. The molecular weight excluding hydrogens is 260 g/mol. The summed E-state index contributed by atoms with van der Waals surface area (Å²) in [6.45, 7) is 3.86. The summed E-state index contributed by atoms with van der Waals surface area (Å²) in [6.07, 6.45) is 2.63. The maximum absolute atomic E-state index is 11.9. The van der Waals surface area contributed by atoms with E-state index in [0.717, 1.165) is 17.8 Å². The lowest BCUT2D eigenvalue weighted by Crippen LogP contribution is -2.37. The topological polar surface area (TPSA) is 59.0 Å². The lowest BCUT2D eigenvalue weighted by molar-refractivity contribution is 0.249. The zero-order valence-corrected chi connectivity index (χ0v) is 12.1. The van der Waals surface area contributed by atoms with Gasteiger partial charge in [0.2, 0.25) is 0 Å². The molecule has 0 bridgehead atoms. The summed E-state index contributed by atoms with van der Waals surface area (Å²) in [6, 6.07) is 1.97. The second-order valence-corrected chi connectivity index (χ2v) is 5.42. The van der Waals surface area contributed by atoms with Gasteiger partial charge in [0, 0.05) is 19.3 Å². The predicted molar refractivity (Wildman–Crippen MR) is 77.6 cm³/mol. The fourth-order valence-electron chi connectivity index (χ4n) is 1.92. The Kier molecular flexibility index (Phi) is 4.21. The molecule has 2 aromatic rings. The minimum absolute atomic E-state index is 0.0894. The van der Waals surface area contributed by atoms with Crippen molar-refractivity contribution in [3.05, 3.63) is 34.3 Å². The van der Waals surface area contributed by atoms with Crippen molar-refractivity contribution >= 4 is 23.1 Å². The van der Waals surface area contributed by atoms with E-state index in [1.54, 1.807) is 22.2 Å². The second-order valence-electron chi connectivity index (χ2n) is 4.64. The SMILES string of the molecule is Cc1nn(C)cc1NC(=O)N[C@H](C)Cc1ccsc1. The van der Waals surface area contributed by atoms with E-state index in [-0.39, 0.29) is 12.1 Å². The van der Waals surface area contributed by atoms with Crippen LogP contribution in [-0.2, 0) is 13.5 Å². The Morgan fingerprint density at radius 2 is 2.37 bits per heavy atom. The summed E-state index contributed by atoms with van der Waals surface area (Å²) >= 11 is 1.67. The van der Waals surface area contributed by atoms with Gasteiger partial charge in [-0.3, -0.25) is 4.68 Å². The van der Waals surface area contributed by atoms with E-state index in [4.69, 9.17) is 0 Å². The van der Waals surface area contributed by atoms with Crippen LogP contribution < -0.4 is 10.6 Å². The molecule has 0 unspecified atom stereocenters. The van der Waals surface area contributed by atoms with Crippen LogP contribution in [0.4, 0.5) is 10.5 Å². The van der Waals surface area contributed by atoms with Gasteiger partial charge in [0.15, 0.2) is 0 Å². The van der Waals surface area contributed by atoms with Gasteiger partial charge in [0.1, 0.15) is 0 Å². The largest absolute Gasteiger partial charge is 0.335 e. The number of carbonyl (C=O) groups is 1. The smallest absolute Gasteiger partial charge is 0.319 e. The average Bonchev–Trinajstić information content (AvgIpc) is 2.89. The molecule has 0 aliphatic carbocycles. The van der Waals surface area contributed by atoms with Crippen LogP contribution in [-0.4, -0.2) is 21.9 Å². The van der Waals surface area contributed by atoms with E-state index in [0.29, 0.717) is 0 Å². The molecule has 102 valence electrons. The number of rotatable bonds is 4. The summed E-state index contributed by atoms with van der Waals surface area (Å²) in [5.74, 6) is 0. The molecular formula is C13H18N4OS. The normalized spacial score (nSPS) is 12.2. The number of hydrogen-bond donors (Lipinski definition) is 2. The Hall–Kier alpha value is -1.82. The monoisotopic (exact) mass is 278 g/mol. The van der Waals surface area contributed by atoms with Crippen LogP contribution in [0.25, 0.3) is 0 Å². The maximum atomic E-state index is 11.9. The van der Waals surface area contributed by atoms with Crippen LogP contribution in [0.5, 0.6) is 0 Å². The average molecular weight is 278 g/mol. The fraction of sp³-hybridized carbons (Fsp3) is 0.385. The molecule has 2 amide bonds. The number of nitrogens with one attached hydrogen (secondary N) is 2. The number of aromatic nitrogens is 2. The van der Waals surface area contributed by atoms with Gasteiger partial charge in [-0.1, -0.05) is 0 Å². The van der Waals surface area contributed by atoms with E-state index < -0.39 is 0 Å². The Labute approximate surface area is 116 Å². The quantitative estimate of drug-likeness (QED) is 0.903. The molecule has 2 rings (SSSR count). The van der Waals surface area contributed by atoms with Crippen LogP contribution in [0.3, 0.4) is 0 Å². The van der Waals surface area contributed by atoms with Crippen molar-refractivity contribution in [2.45, 2.75) is 26.3 Å². The highest BCUT2D eigenvalue weighted by molar-refractivity contribution is 7.07. The molecule has 2 heterocycles. The molecule has 5 nitrogen and oxygen atoms in total. The summed E-state index contributed by atoms with van der Waals surface area (Å²) in [7, 11) is 1.83. The Morgan fingerprint density at radius 3 is 2.95 bits per heavy atom. The van der Waals surface area contributed by atoms with Crippen LogP contribution in [0.15, 0.2) is 23.0 Å². The predicted octanol–water partition coefficient (Wildman–Crippen LogP) is 2.54. The third-order valence-corrected chi connectivity index (χ3v) is 3.49. The molecule has 6 heteroatoms.